The van der Waals surface area contributed by atoms with E-state index in [1.807, 2.05) is 24.8 Å². The SMILES string of the molecule is C[C@@H]1CN(C/C=C/C(=O)N2CCN(c3nc(OC[C@@]45CCCN4C[C@H](F)C5)nc4c(F)c(-c5cccc6ccc(F)c(Cl)c56)ncc34)C[C@@H]2CC#N)C[C@@H](C)O1. The number of fused-ring (bicyclic) bond motifs is 3. The number of nitriles is 1. The minimum absolute atomic E-state index is 0.0683. The summed E-state index contributed by atoms with van der Waals surface area (Å²) in [5.41, 5.74) is -0.353. The zero-order valence-corrected chi connectivity index (χ0v) is 32.2. The summed E-state index contributed by atoms with van der Waals surface area (Å²) < 4.78 is 58.4. The van der Waals surface area contributed by atoms with Gasteiger partial charge >= 0.3 is 6.01 Å². The van der Waals surface area contributed by atoms with Crippen molar-refractivity contribution in [2.75, 3.05) is 63.9 Å². The summed E-state index contributed by atoms with van der Waals surface area (Å²) in [7, 11) is 0. The molecule has 2 aromatic heterocycles. The van der Waals surface area contributed by atoms with Crippen LogP contribution in [0.1, 0.15) is 39.5 Å². The Hall–Kier alpha value is -4.55. The summed E-state index contributed by atoms with van der Waals surface area (Å²) >= 11 is 6.44. The molecule has 8 rings (SSSR count). The van der Waals surface area contributed by atoms with Gasteiger partial charge in [-0.05, 0) is 44.7 Å². The van der Waals surface area contributed by atoms with Crippen LogP contribution in [0.4, 0.5) is 19.0 Å². The van der Waals surface area contributed by atoms with Crippen molar-refractivity contribution in [1.29, 1.82) is 5.26 Å². The summed E-state index contributed by atoms with van der Waals surface area (Å²) in [5, 5.41) is 10.9. The number of halogens is 4. The number of alkyl halides is 1. The van der Waals surface area contributed by atoms with Gasteiger partial charge in [-0.3, -0.25) is 19.6 Å². The average Bonchev–Trinajstić information content (AvgIpc) is 3.70. The van der Waals surface area contributed by atoms with Crippen LogP contribution in [0.15, 0.2) is 48.7 Å². The van der Waals surface area contributed by atoms with Crippen molar-refractivity contribution < 1.29 is 27.4 Å². The highest BCUT2D eigenvalue weighted by Gasteiger charge is 2.49. The molecule has 2 aromatic carbocycles. The standard InChI is InChI=1S/C41H44ClF3N8O3/c1-25-20-50(21-26(2)56-25)14-4-8-33(54)53-17-16-51(23-29(53)11-13-46)39-31-19-47-37(30-7-3-6-27-9-10-32(44)35(42)34(27)30)36(45)38(31)48-40(49-39)55-24-41-12-5-15-52(41)22-28(43)18-41/h3-4,6-10,19,25-26,28-29H,5,11-12,14-18,20-24H2,1-2H3/b8-4+/t25-,26-,28-,29+,41+/m1/s1. The Morgan fingerprint density at radius 2 is 1.93 bits per heavy atom. The zero-order valence-electron chi connectivity index (χ0n) is 31.4. The van der Waals surface area contributed by atoms with Gasteiger partial charge in [0.2, 0.25) is 5.91 Å². The van der Waals surface area contributed by atoms with Crippen LogP contribution < -0.4 is 9.64 Å². The first-order chi connectivity index (χ1) is 27.0. The number of hydrogen-bond acceptors (Lipinski definition) is 10. The van der Waals surface area contributed by atoms with E-state index in [1.165, 1.54) is 12.3 Å². The van der Waals surface area contributed by atoms with Gasteiger partial charge < -0.3 is 19.3 Å². The minimum Gasteiger partial charge on any atom is -0.461 e. The molecule has 1 amide bonds. The minimum atomic E-state index is -0.965. The Morgan fingerprint density at radius 1 is 1.11 bits per heavy atom. The fraction of sp³-hybridized carbons (Fsp3) is 0.488. The number of rotatable bonds is 9. The number of nitrogens with zero attached hydrogens (tertiary/aromatic N) is 8. The highest BCUT2D eigenvalue weighted by atomic mass is 35.5. The van der Waals surface area contributed by atoms with Crippen molar-refractivity contribution in [1.82, 2.24) is 29.7 Å². The molecule has 56 heavy (non-hydrogen) atoms. The smallest absolute Gasteiger partial charge is 0.319 e. The van der Waals surface area contributed by atoms with Crippen molar-refractivity contribution in [3.05, 3.63) is 65.3 Å². The molecule has 6 heterocycles. The summed E-state index contributed by atoms with van der Waals surface area (Å²) in [6.07, 6.45) is 6.24. The van der Waals surface area contributed by atoms with Crippen molar-refractivity contribution in [2.45, 2.75) is 69.5 Å². The first-order valence-electron chi connectivity index (χ1n) is 19.3. The molecule has 0 radical (unpaired) electrons. The Balaban J connectivity index is 1.12. The summed E-state index contributed by atoms with van der Waals surface area (Å²) in [6.45, 7) is 8.32. The predicted octanol–water partition coefficient (Wildman–Crippen LogP) is 6.33. The number of benzene rings is 2. The number of carbonyl (C=O) groups is 1. The van der Waals surface area contributed by atoms with Gasteiger partial charge in [-0.15, -0.1) is 0 Å². The molecule has 15 heteroatoms. The van der Waals surface area contributed by atoms with Crippen LogP contribution in [0.25, 0.3) is 32.9 Å². The third kappa shape index (κ3) is 7.38. The number of morpholine rings is 1. The lowest BCUT2D eigenvalue weighted by atomic mass is 9.95. The quantitative estimate of drug-likeness (QED) is 0.179. The molecule has 11 nitrogen and oxygen atoms in total. The van der Waals surface area contributed by atoms with Gasteiger partial charge in [0.25, 0.3) is 0 Å². The summed E-state index contributed by atoms with van der Waals surface area (Å²) in [5.74, 6) is -1.27. The highest BCUT2D eigenvalue weighted by molar-refractivity contribution is 6.36. The molecule has 4 aliphatic rings. The van der Waals surface area contributed by atoms with Gasteiger partial charge in [-0.1, -0.05) is 41.9 Å². The van der Waals surface area contributed by atoms with Crippen molar-refractivity contribution >= 4 is 45.0 Å². The van der Waals surface area contributed by atoms with E-state index in [-0.39, 0.29) is 66.5 Å². The molecule has 0 unspecified atom stereocenters. The number of pyridine rings is 1. The van der Waals surface area contributed by atoms with E-state index in [1.54, 1.807) is 35.2 Å². The van der Waals surface area contributed by atoms with Crippen LogP contribution >= 0.6 is 11.6 Å². The van der Waals surface area contributed by atoms with Gasteiger partial charge in [0, 0.05) is 75.5 Å². The van der Waals surface area contributed by atoms with E-state index < -0.39 is 29.4 Å². The Bertz CT molecular complexity index is 2210. The van der Waals surface area contributed by atoms with E-state index in [0.717, 1.165) is 32.5 Å². The van der Waals surface area contributed by atoms with Crippen LogP contribution in [0.5, 0.6) is 6.01 Å². The number of aromatic nitrogens is 3. The largest absolute Gasteiger partial charge is 0.461 e. The molecular formula is C41H44ClF3N8O3. The predicted molar refractivity (Wildman–Crippen MR) is 207 cm³/mol. The molecule has 0 saturated carbocycles. The number of ether oxygens (including phenoxy) is 2. The average molecular weight is 789 g/mol. The third-order valence-electron chi connectivity index (χ3n) is 11.6. The first-order valence-corrected chi connectivity index (χ1v) is 19.6. The van der Waals surface area contributed by atoms with E-state index in [2.05, 4.69) is 25.8 Å². The monoisotopic (exact) mass is 788 g/mol. The molecule has 5 atom stereocenters. The van der Waals surface area contributed by atoms with Crippen molar-refractivity contribution in [2.24, 2.45) is 0 Å². The van der Waals surface area contributed by atoms with E-state index in [0.29, 0.717) is 53.6 Å². The van der Waals surface area contributed by atoms with Crippen molar-refractivity contribution in [3.63, 3.8) is 0 Å². The fourth-order valence-corrected chi connectivity index (χ4v) is 9.39. The second kappa shape index (κ2) is 15.8. The Labute approximate surface area is 328 Å². The molecule has 0 spiro atoms. The number of carbonyl (C=O) groups excluding carboxylic acids is 1. The van der Waals surface area contributed by atoms with E-state index in [9.17, 15) is 18.8 Å². The molecule has 0 N–H and O–H groups in total. The Kier molecular flexibility index (Phi) is 10.8. The molecule has 4 aliphatic heterocycles. The van der Waals surface area contributed by atoms with Gasteiger partial charge in [0.05, 0.1) is 46.7 Å². The van der Waals surface area contributed by atoms with Gasteiger partial charge in [0.1, 0.15) is 35.6 Å². The number of anilines is 1. The molecule has 0 bridgehead atoms. The van der Waals surface area contributed by atoms with E-state index in [4.69, 9.17) is 26.1 Å². The van der Waals surface area contributed by atoms with Crippen LogP contribution in [-0.4, -0.2) is 124 Å². The second-order valence-electron chi connectivity index (χ2n) is 15.5. The summed E-state index contributed by atoms with van der Waals surface area (Å²) in [4.78, 5) is 35.4. The second-order valence-corrected chi connectivity index (χ2v) is 15.9. The van der Waals surface area contributed by atoms with Crippen LogP contribution in [-0.2, 0) is 9.53 Å². The highest BCUT2D eigenvalue weighted by Crippen LogP contribution is 2.42. The third-order valence-corrected chi connectivity index (χ3v) is 11.9. The fourth-order valence-electron chi connectivity index (χ4n) is 9.12. The van der Waals surface area contributed by atoms with Crippen molar-refractivity contribution in [3.8, 4) is 23.3 Å². The molecule has 4 fully saturated rings. The van der Waals surface area contributed by atoms with Crippen LogP contribution in [0.2, 0.25) is 5.02 Å². The molecule has 294 valence electrons. The number of piperazine rings is 1. The normalized spacial score (nSPS) is 26.0. The van der Waals surface area contributed by atoms with Gasteiger partial charge in [-0.25, -0.2) is 13.2 Å². The van der Waals surface area contributed by atoms with Crippen LogP contribution in [0.3, 0.4) is 0 Å². The van der Waals surface area contributed by atoms with Crippen LogP contribution in [0, 0.1) is 23.0 Å². The molecule has 4 saturated heterocycles. The maximum atomic E-state index is 17.0. The molecule has 0 aliphatic carbocycles. The topological polar surface area (TPSA) is 111 Å². The maximum Gasteiger partial charge on any atom is 0.319 e. The Morgan fingerprint density at radius 3 is 2.73 bits per heavy atom. The zero-order chi connectivity index (χ0) is 39.1. The molecular weight excluding hydrogens is 745 g/mol. The van der Waals surface area contributed by atoms with E-state index >= 15 is 4.39 Å². The lowest BCUT2D eigenvalue weighted by Crippen LogP contribution is -2.55. The number of amides is 1. The molecule has 4 aromatic rings. The first kappa shape index (κ1) is 38.3. The van der Waals surface area contributed by atoms with Gasteiger partial charge in [-0.2, -0.15) is 15.2 Å². The lowest BCUT2D eigenvalue weighted by molar-refractivity contribution is -0.128. The maximum absolute atomic E-state index is 17.0. The van der Waals surface area contributed by atoms with Gasteiger partial charge in [0.15, 0.2) is 5.82 Å². The lowest BCUT2D eigenvalue weighted by Gasteiger charge is -2.41. The number of hydrogen-bond donors (Lipinski definition) is 0. The summed E-state index contributed by atoms with van der Waals surface area (Å²) in [6, 6.07) is 9.60.